The Labute approximate surface area is 204 Å². The first-order valence-corrected chi connectivity index (χ1v) is 14.1. The maximum Gasteiger partial charge on any atom is 0.309 e. The standard InChI is InChI=1S/C29H54O4/c1-3-5-7-9-11-13-15-17-19-21-23-25-33-29(32)27(26-28(30)31)24-22-20-18-16-14-12-10-8-6-4-2/h20,22,27H,3-19,21,23-26H2,1-2H3,(H,30,31). The summed E-state index contributed by atoms with van der Waals surface area (Å²) in [6.07, 6.45) is 28.1. The zero-order chi connectivity index (χ0) is 24.4. The van der Waals surface area contributed by atoms with E-state index < -0.39 is 11.9 Å². The molecule has 0 fully saturated rings. The lowest BCUT2D eigenvalue weighted by Crippen LogP contribution is -2.21. The summed E-state index contributed by atoms with van der Waals surface area (Å²) < 4.78 is 5.39. The van der Waals surface area contributed by atoms with Crippen molar-refractivity contribution in [3.63, 3.8) is 0 Å². The number of carbonyl (C=O) groups excluding carboxylic acids is 1. The summed E-state index contributed by atoms with van der Waals surface area (Å²) in [5.74, 6) is -1.86. The van der Waals surface area contributed by atoms with Crippen LogP contribution in [0.5, 0.6) is 0 Å². The lowest BCUT2D eigenvalue weighted by Gasteiger charge is -2.12. The van der Waals surface area contributed by atoms with E-state index in [1.165, 1.54) is 96.3 Å². The van der Waals surface area contributed by atoms with E-state index in [2.05, 4.69) is 19.9 Å². The Hall–Kier alpha value is -1.32. The highest BCUT2D eigenvalue weighted by Gasteiger charge is 2.21. The van der Waals surface area contributed by atoms with Gasteiger partial charge in [-0.25, -0.2) is 0 Å². The molecule has 0 saturated heterocycles. The van der Waals surface area contributed by atoms with Crippen molar-refractivity contribution in [1.82, 2.24) is 0 Å². The van der Waals surface area contributed by atoms with Crippen LogP contribution in [0.1, 0.15) is 149 Å². The van der Waals surface area contributed by atoms with E-state index in [-0.39, 0.29) is 12.4 Å². The molecular formula is C29H54O4. The summed E-state index contributed by atoms with van der Waals surface area (Å²) in [4.78, 5) is 23.5. The number of esters is 1. The van der Waals surface area contributed by atoms with E-state index in [9.17, 15) is 9.59 Å². The maximum atomic E-state index is 12.3. The molecule has 0 spiro atoms. The van der Waals surface area contributed by atoms with Crippen LogP contribution in [0, 0.1) is 5.92 Å². The summed E-state index contributed by atoms with van der Waals surface area (Å²) in [6, 6.07) is 0. The Balaban J connectivity index is 3.80. The van der Waals surface area contributed by atoms with Gasteiger partial charge in [0.2, 0.25) is 0 Å². The average Bonchev–Trinajstić information content (AvgIpc) is 2.79. The molecule has 1 unspecified atom stereocenters. The van der Waals surface area contributed by atoms with Crippen molar-refractivity contribution < 1.29 is 19.4 Å². The van der Waals surface area contributed by atoms with Gasteiger partial charge in [0.25, 0.3) is 0 Å². The predicted octanol–water partition coefficient (Wildman–Crippen LogP) is 9.02. The zero-order valence-electron chi connectivity index (χ0n) is 22.0. The predicted molar refractivity (Wildman–Crippen MR) is 140 cm³/mol. The Bertz CT molecular complexity index is 472. The molecule has 0 aliphatic rings. The fraction of sp³-hybridized carbons (Fsp3) is 0.862. The minimum Gasteiger partial charge on any atom is -0.481 e. The number of carbonyl (C=O) groups is 2. The normalized spacial score (nSPS) is 12.3. The van der Waals surface area contributed by atoms with Crippen LogP contribution in [0.4, 0.5) is 0 Å². The van der Waals surface area contributed by atoms with Gasteiger partial charge >= 0.3 is 11.9 Å². The Kier molecular flexibility index (Phi) is 24.3. The third kappa shape index (κ3) is 23.6. The second kappa shape index (κ2) is 25.3. The summed E-state index contributed by atoms with van der Waals surface area (Å²) in [6.45, 7) is 4.89. The number of carboxylic acids is 1. The smallest absolute Gasteiger partial charge is 0.309 e. The van der Waals surface area contributed by atoms with Crippen molar-refractivity contribution in [2.75, 3.05) is 6.61 Å². The summed E-state index contributed by atoms with van der Waals surface area (Å²) in [7, 11) is 0. The number of ether oxygens (including phenoxy) is 1. The molecule has 0 amide bonds. The van der Waals surface area contributed by atoms with Gasteiger partial charge in [-0.2, -0.15) is 0 Å². The summed E-state index contributed by atoms with van der Waals surface area (Å²) in [5, 5.41) is 9.14. The highest BCUT2D eigenvalue weighted by atomic mass is 16.5. The topological polar surface area (TPSA) is 63.6 Å². The molecule has 0 aliphatic heterocycles. The SMILES string of the molecule is CCCCCCCCCC=CCC(CC(=O)O)C(=O)OCCCCCCCCCCCCC. The molecule has 1 N–H and O–H groups in total. The first kappa shape index (κ1) is 31.7. The molecule has 0 radical (unpaired) electrons. The fourth-order valence-corrected chi connectivity index (χ4v) is 4.13. The van der Waals surface area contributed by atoms with Crippen LogP contribution in [0.15, 0.2) is 12.2 Å². The number of hydrogen-bond donors (Lipinski definition) is 1. The van der Waals surface area contributed by atoms with Crippen molar-refractivity contribution in [3.8, 4) is 0 Å². The first-order chi connectivity index (χ1) is 16.1. The second-order valence-corrected chi connectivity index (χ2v) is 9.61. The molecule has 0 aromatic rings. The Morgan fingerprint density at radius 1 is 0.667 bits per heavy atom. The zero-order valence-corrected chi connectivity index (χ0v) is 22.0. The Morgan fingerprint density at radius 3 is 1.61 bits per heavy atom. The number of aliphatic carboxylic acids is 1. The molecule has 0 saturated carbocycles. The van der Waals surface area contributed by atoms with Gasteiger partial charge in [0.1, 0.15) is 0 Å². The van der Waals surface area contributed by atoms with Crippen molar-refractivity contribution in [2.24, 2.45) is 5.92 Å². The van der Waals surface area contributed by atoms with Crippen molar-refractivity contribution in [1.29, 1.82) is 0 Å². The maximum absolute atomic E-state index is 12.3. The second-order valence-electron chi connectivity index (χ2n) is 9.61. The number of rotatable bonds is 25. The van der Waals surface area contributed by atoms with E-state index in [4.69, 9.17) is 9.84 Å². The van der Waals surface area contributed by atoms with Crippen LogP contribution in [0.2, 0.25) is 0 Å². The number of unbranched alkanes of at least 4 members (excludes halogenated alkanes) is 17. The molecule has 4 heteroatoms. The van der Waals surface area contributed by atoms with E-state index >= 15 is 0 Å². The van der Waals surface area contributed by atoms with Gasteiger partial charge in [0, 0.05) is 0 Å². The molecule has 0 aliphatic carbocycles. The first-order valence-electron chi connectivity index (χ1n) is 14.1. The fourth-order valence-electron chi connectivity index (χ4n) is 4.13. The van der Waals surface area contributed by atoms with Crippen LogP contribution in [-0.2, 0) is 14.3 Å². The Morgan fingerprint density at radius 2 is 1.12 bits per heavy atom. The van der Waals surface area contributed by atoms with Gasteiger partial charge in [-0.1, -0.05) is 129 Å². The minimum absolute atomic E-state index is 0.154. The van der Waals surface area contributed by atoms with E-state index in [0.717, 1.165) is 25.7 Å². The summed E-state index contributed by atoms with van der Waals surface area (Å²) >= 11 is 0. The van der Waals surface area contributed by atoms with Crippen molar-refractivity contribution in [2.45, 2.75) is 149 Å². The van der Waals surface area contributed by atoms with Crippen LogP contribution >= 0.6 is 0 Å². The molecule has 33 heavy (non-hydrogen) atoms. The highest BCUT2D eigenvalue weighted by molar-refractivity contribution is 5.79. The van der Waals surface area contributed by atoms with Crippen molar-refractivity contribution >= 4 is 11.9 Å². The van der Waals surface area contributed by atoms with Gasteiger partial charge in [-0.05, 0) is 25.7 Å². The molecule has 0 bridgehead atoms. The van der Waals surface area contributed by atoms with Gasteiger partial charge in [-0.15, -0.1) is 0 Å². The van der Waals surface area contributed by atoms with Gasteiger partial charge in [-0.3, -0.25) is 9.59 Å². The van der Waals surface area contributed by atoms with Crippen LogP contribution in [0.3, 0.4) is 0 Å². The quantitative estimate of drug-likeness (QED) is 0.0828. The molecule has 194 valence electrons. The van der Waals surface area contributed by atoms with Gasteiger partial charge in [0.05, 0.1) is 18.9 Å². The molecule has 0 aromatic carbocycles. The number of hydrogen-bond acceptors (Lipinski definition) is 3. The monoisotopic (exact) mass is 466 g/mol. The average molecular weight is 467 g/mol. The molecule has 0 aromatic heterocycles. The molecule has 0 rings (SSSR count). The summed E-state index contributed by atoms with van der Waals surface area (Å²) in [5.41, 5.74) is 0. The molecular weight excluding hydrogens is 412 g/mol. The molecule has 1 atom stereocenters. The molecule has 0 heterocycles. The number of carboxylic acid groups (broad SMARTS) is 1. The number of allylic oxidation sites excluding steroid dienone is 2. The van der Waals surface area contributed by atoms with Gasteiger partial charge in [0.15, 0.2) is 0 Å². The lowest BCUT2D eigenvalue weighted by atomic mass is 10.0. The van der Waals surface area contributed by atoms with Crippen LogP contribution < -0.4 is 0 Å². The minimum atomic E-state index is -0.938. The highest BCUT2D eigenvalue weighted by Crippen LogP contribution is 2.15. The molecule has 4 nitrogen and oxygen atoms in total. The van der Waals surface area contributed by atoms with Gasteiger partial charge < -0.3 is 9.84 Å². The third-order valence-electron chi connectivity index (χ3n) is 6.31. The third-order valence-corrected chi connectivity index (χ3v) is 6.31. The van der Waals surface area contributed by atoms with Crippen LogP contribution in [-0.4, -0.2) is 23.7 Å². The van der Waals surface area contributed by atoms with Crippen LogP contribution in [0.25, 0.3) is 0 Å². The largest absolute Gasteiger partial charge is 0.481 e. The van der Waals surface area contributed by atoms with E-state index in [1.54, 1.807) is 0 Å². The van der Waals surface area contributed by atoms with Crippen molar-refractivity contribution in [3.05, 3.63) is 12.2 Å². The van der Waals surface area contributed by atoms with E-state index in [1.807, 2.05) is 6.08 Å². The van der Waals surface area contributed by atoms with E-state index in [0.29, 0.717) is 13.0 Å². The lowest BCUT2D eigenvalue weighted by molar-refractivity contribution is -0.153.